The Bertz CT molecular complexity index is 488. The van der Waals surface area contributed by atoms with Crippen LogP contribution in [-0.2, 0) is 9.53 Å². The van der Waals surface area contributed by atoms with Gasteiger partial charge in [0.15, 0.2) is 0 Å². The van der Waals surface area contributed by atoms with Crippen LogP contribution in [0.25, 0.3) is 0 Å². The van der Waals surface area contributed by atoms with Crippen LogP contribution in [0.2, 0.25) is 0 Å². The number of methoxy groups -OCH3 is 1. The third-order valence-corrected chi connectivity index (χ3v) is 3.26. The molecule has 0 aliphatic heterocycles. The quantitative estimate of drug-likeness (QED) is 0.409. The highest BCUT2D eigenvalue weighted by Gasteiger charge is 2.28. The smallest absolute Gasteiger partial charge is 0.328 e. The molecule has 1 unspecified atom stereocenters. The number of esters is 1. The predicted octanol–water partition coefficient (Wildman–Crippen LogP) is 1.25. The second kappa shape index (κ2) is 6.04. The van der Waals surface area contributed by atoms with Crippen LogP contribution in [0.4, 0.5) is 11.6 Å². The molecule has 1 saturated carbocycles. The highest BCUT2D eigenvalue weighted by Crippen LogP contribution is 2.38. The number of nitrogens with two attached hydrogens (primary N) is 1. The number of nitrogen functional groups attached to an aromatic ring is 1. The summed E-state index contributed by atoms with van der Waals surface area (Å²) >= 11 is 0. The van der Waals surface area contributed by atoms with Gasteiger partial charge in [-0.2, -0.15) is 0 Å². The van der Waals surface area contributed by atoms with Crippen molar-refractivity contribution in [3.05, 3.63) is 11.9 Å². The number of ether oxygens (including phenoxy) is 1. The predicted molar refractivity (Wildman–Crippen MR) is 76.1 cm³/mol. The Morgan fingerprint density at radius 1 is 1.40 bits per heavy atom. The number of rotatable bonds is 6. The van der Waals surface area contributed by atoms with Gasteiger partial charge in [-0.15, -0.1) is 0 Å². The maximum absolute atomic E-state index is 11.8. The Labute approximate surface area is 118 Å². The minimum Gasteiger partial charge on any atom is -0.467 e. The molecule has 20 heavy (non-hydrogen) atoms. The number of hydrogen-bond donors (Lipinski definition) is 3. The Hall–Kier alpha value is -1.89. The van der Waals surface area contributed by atoms with Crippen molar-refractivity contribution < 1.29 is 9.53 Å². The van der Waals surface area contributed by atoms with E-state index in [1.807, 2.05) is 13.8 Å². The average Bonchev–Trinajstić information content (AvgIpc) is 3.27. The van der Waals surface area contributed by atoms with Gasteiger partial charge < -0.3 is 15.5 Å². The van der Waals surface area contributed by atoms with Crippen molar-refractivity contribution in [2.75, 3.05) is 17.9 Å². The molecule has 0 radical (unpaired) electrons. The molecule has 1 aromatic heterocycles. The second-order valence-corrected chi connectivity index (χ2v) is 5.30. The number of nitrogens with one attached hydrogen (secondary N) is 2. The van der Waals surface area contributed by atoms with E-state index in [0.29, 0.717) is 17.6 Å². The molecule has 0 amide bonds. The van der Waals surface area contributed by atoms with Crippen molar-refractivity contribution in [3.8, 4) is 0 Å². The zero-order chi connectivity index (χ0) is 14.7. The van der Waals surface area contributed by atoms with Crippen molar-refractivity contribution in [3.63, 3.8) is 0 Å². The van der Waals surface area contributed by atoms with Crippen LogP contribution >= 0.6 is 0 Å². The van der Waals surface area contributed by atoms with E-state index in [1.165, 1.54) is 7.11 Å². The monoisotopic (exact) mass is 279 g/mol. The van der Waals surface area contributed by atoms with Gasteiger partial charge in [0.1, 0.15) is 23.5 Å². The van der Waals surface area contributed by atoms with Crippen LogP contribution < -0.4 is 16.6 Å². The van der Waals surface area contributed by atoms with E-state index in [4.69, 9.17) is 10.6 Å². The summed E-state index contributed by atoms with van der Waals surface area (Å²) in [6, 6.07) is 1.23. The summed E-state index contributed by atoms with van der Waals surface area (Å²) in [6.07, 6.45) is 2.19. The molecular formula is C13H21N5O2. The molecule has 1 fully saturated rings. The lowest BCUT2D eigenvalue weighted by Gasteiger charge is -2.20. The Balaban J connectivity index is 2.22. The second-order valence-electron chi connectivity index (χ2n) is 5.30. The summed E-state index contributed by atoms with van der Waals surface area (Å²) in [6.45, 7) is 3.89. The summed E-state index contributed by atoms with van der Waals surface area (Å²) in [5, 5.41) is 3.11. The fraction of sp³-hybridized carbons (Fsp3) is 0.615. The van der Waals surface area contributed by atoms with Gasteiger partial charge in [-0.05, 0) is 18.8 Å². The first kappa shape index (κ1) is 14.5. The van der Waals surface area contributed by atoms with Crippen LogP contribution in [0.5, 0.6) is 0 Å². The molecule has 1 aliphatic rings. The standard InChI is InChI=1S/C13H21N5O2/c1-7(2)11(13(19)20-3)15-9-6-10(18-14)17-12(16-9)8-4-5-8/h6-8,11H,4-5,14H2,1-3H3,(H2,15,16,17,18). The molecule has 1 heterocycles. The molecule has 0 aromatic carbocycles. The fourth-order valence-electron chi connectivity index (χ4n) is 1.92. The SMILES string of the molecule is COC(=O)C(Nc1cc(NN)nc(C2CC2)n1)C(C)C. The van der Waals surface area contributed by atoms with Crippen molar-refractivity contribution >= 4 is 17.6 Å². The Morgan fingerprint density at radius 3 is 2.55 bits per heavy atom. The number of nitrogens with zero attached hydrogens (tertiary/aromatic N) is 2. The molecule has 1 aliphatic carbocycles. The topological polar surface area (TPSA) is 102 Å². The van der Waals surface area contributed by atoms with E-state index in [1.54, 1.807) is 6.07 Å². The van der Waals surface area contributed by atoms with Crippen LogP contribution in [0, 0.1) is 5.92 Å². The number of hydrogen-bond acceptors (Lipinski definition) is 7. The molecule has 0 bridgehead atoms. The van der Waals surface area contributed by atoms with Gasteiger partial charge in [-0.1, -0.05) is 13.8 Å². The van der Waals surface area contributed by atoms with Gasteiger partial charge in [-0.25, -0.2) is 20.6 Å². The van der Waals surface area contributed by atoms with E-state index in [0.717, 1.165) is 18.7 Å². The summed E-state index contributed by atoms with van der Waals surface area (Å²) in [5.74, 6) is 7.48. The van der Waals surface area contributed by atoms with Crippen molar-refractivity contribution in [2.24, 2.45) is 11.8 Å². The summed E-state index contributed by atoms with van der Waals surface area (Å²) in [5.41, 5.74) is 2.53. The average molecular weight is 279 g/mol. The first-order chi connectivity index (χ1) is 9.55. The molecule has 110 valence electrons. The van der Waals surface area contributed by atoms with E-state index in [9.17, 15) is 4.79 Å². The van der Waals surface area contributed by atoms with Crippen molar-refractivity contribution in [2.45, 2.75) is 38.6 Å². The van der Waals surface area contributed by atoms with Gasteiger partial charge in [0.2, 0.25) is 0 Å². The maximum Gasteiger partial charge on any atom is 0.328 e. The lowest BCUT2D eigenvalue weighted by molar-refractivity contribution is -0.142. The minimum absolute atomic E-state index is 0.0797. The normalized spacial score (nSPS) is 15.8. The molecule has 0 saturated heterocycles. The Morgan fingerprint density at radius 2 is 2.05 bits per heavy atom. The Kier molecular flexibility index (Phi) is 4.39. The molecular weight excluding hydrogens is 258 g/mol. The largest absolute Gasteiger partial charge is 0.467 e. The zero-order valence-corrected chi connectivity index (χ0v) is 12.0. The fourth-order valence-corrected chi connectivity index (χ4v) is 1.92. The van der Waals surface area contributed by atoms with Gasteiger partial charge >= 0.3 is 5.97 Å². The third kappa shape index (κ3) is 3.36. The first-order valence-corrected chi connectivity index (χ1v) is 6.75. The number of carbonyl (C=O) groups is 1. The van der Waals surface area contributed by atoms with Gasteiger partial charge in [0, 0.05) is 12.0 Å². The third-order valence-electron chi connectivity index (χ3n) is 3.26. The lowest BCUT2D eigenvalue weighted by Crippen LogP contribution is -2.36. The van der Waals surface area contributed by atoms with Gasteiger partial charge in [-0.3, -0.25) is 0 Å². The molecule has 1 atom stereocenters. The number of aromatic nitrogens is 2. The van der Waals surface area contributed by atoms with E-state index in [2.05, 4.69) is 20.7 Å². The van der Waals surface area contributed by atoms with Crippen molar-refractivity contribution in [1.29, 1.82) is 0 Å². The first-order valence-electron chi connectivity index (χ1n) is 6.75. The molecule has 2 rings (SSSR count). The molecule has 1 aromatic rings. The molecule has 4 N–H and O–H groups in total. The number of anilines is 2. The van der Waals surface area contributed by atoms with Crippen LogP contribution in [-0.4, -0.2) is 29.1 Å². The zero-order valence-electron chi connectivity index (χ0n) is 12.0. The van der Waals surface area contributed by atoms with Crippen LogP contribution in [0.3, 0.4) is 0 Å². The van der Waals surface area contributed by atoms with E-state index in [-0.39, 0.29) is 11.9 Å². The molecule has 0 spiro atoms. The lowest BCUT2D eigenvalue weighted by atomic mass is 10.0. The number of carbonyl (C=O) groups excluding carboxylic acids is 1. The van der Waals surface area contributed by atoms with Gasteiger partial charge in [0.05, 0.1) is 7.11 Å². The maximum atomic E-state index is 11.8. The molecule has 7 heteroatoms. The minimum atomic E-state index is -0.451. The highest BCUT2D eigenvalue weighted by atomic mass is 16.5. The molecule has 7 nitrogen and oxygen atoms in total. The van der Waals surface area contributed by atoms with Crippen molar-refractivity contribution in [1.82, 2.24) is 9.97 Å². The highest BCUT2D eigenvalue weighted by molar-refractivity contribution is 5.79. The summed E-state index contributed by atoms with van der Waals surface area (Å²) < 4.78 is 4.81. The summed E-state index contributed by atoms with van der Waals surface area (Å²) in [7, 11) is 1.38. The van der Waals surface area contributed by atoms with Gasteiger partial charge in [0.25, 0.3) is 0 Å². The number of hydrazine groups is 1. The van der Waals surface area contributed by atoms with Crippen LogP contribution in [0.15, 0.2) is 6.07 Å². The summed E-state index contributed by atoms with van der Waals surface area (Å²) in [4.78, 5) is 20.6. The van der Waals surface area contributed by atoms with Crippen LogP contribution in [0.1, 0.15) is 38.4 Å². The van der Waals surface area contributed by atoms with E-state index < -0.39 is 6.04 Å². The van der Waals surface area contributed by atoms with E-state index >= 15 is 0 Å².